The standard InChI is InChI=1S/C22H27N3O2S/c1-2-15-5-3-4-6-18(15)24-20(26)13-23-21(27)14-25-11-9-19-17(10-12-28-19)22(25)16-7-8-16/h3-6,10,12,16,22H,2,7-9,11,13-14H2,1H3,(H,23,27)(H,24,26)/t22-/m0/s1. The van der Waals surface area contributed by atoms with Gasteiger partial charge in [0.05, 0.1) is 13.1 Å². The third kappa shape index (κ3) is 4.28. The highest BCUT2D eigenvalue weighted by Gasteiger charge is 2.40. The van der Waals surface area contributed by atoms with Crippen molar-refractivity contribution in [2.45, 2.75) is 38.6 Å². The molecule has 5 nitrogen and oxygen atoms in total. The van der Waals surface area contributed by atoms with Gasteiger partial charge < -0.3 is 10.6 Å². The van der Waals surface area contributed by atoms with E-state index >= 15 is 0 Å². The van der Waals surface area contributed by atoms with Crippen LogP contribution in [0.25, 0.3) is 0 Å². The molecule has 0 spiro atoms. The van der Waals surface area contributed by atoms with Gasteiger partial charge in [-0.25, -0.2) is 0 Å². The van der Waals surface area contributed by atoms with Gasteiger partial charge >= 0.3 is 0 Å². The summed E-state index contributed by atoms with van der Waals surface area (Å²) >= 11 is 1.83. The first kappa shape index (κ1) is 19.2. The number of nitrogens with zero attached hydrogens (tertiary/aromatic N) is 1. The van der Waals surface area contributed by atoms with E-state index in [9.17, 15) is 9.59 Å². The molecule has 1 saturated carbocycles. The van der Waals surface area contributed by atoms with Gasteiger partial charge in [0, 0.05) is 23.2 Å². The first-order valence-electron chi connectivity index (χ1n) is 10.1. The topological polar surface area (TPSA) is 61.4 Å². The Labute approximate surface area is 170 Å². The molecule has 0 radical (unpaired) electrons. The molecule has 1 atom stereocenters. The predicted molar refractivity (Wildman–Crippen MR) is 113 cm³/mol. The third-order valence-corrected chi connectivity index (χ3v) is 6.65. The van der Waals surface area contributed by atoms with Crippen LogP contribution in [0.4, 0.5) is 5.69 Å². The number of aryl methyl sites for hydroxylation is 1. The Kier molecular flexibility index (Phi) is 5.78. The summed E-state index contributed by atoms with van der Waals surface area (Å²) in [5.74, 6) is 0.408. The molecule has 6 heteroatoms. The maximum absolute atomic E-state index is 12.5. The number of fused-ring (bicyclic) bond motifs is 1. The highest BCUT2D eigenvalue weighted by molar-refractivity contribution is 7.10. The number of hydrogen-bond donors (Lipinski definition) is 2. The average molecular weight is 398 g/mol. The minimum atomic E-state index is -0.188. The molecule has 4 rings (SSSR count). The molecule has 28 heavy (non-hydrogen) atoms. The van der Waals surface area contributed by atoms with E-state index in [1.54, 1.807) is 0 Å². The minimum absolute atomic E-state index is 0.00250. The number of carbonyl (C=O) groups is 2. The number of hydrogen-bond acceptors (Lipinski definition) is 4. The van der Waals surface area contributed by atoms with Crippen LogP contribution in [-0.4, -0.2) is 36.3 Å². The molecule has 0 bridgehead atoms. The van der Waals surface area contributed by atoms with Crippen LogP contribution in [0.3, 0.4) is 0 Å². The second-order valence-corrected chi connectivity index (χ2v) is 8.64. The lowest BCUT2D eigenvalue weighted by Crippen LogP contribution is -2.44. The van der Waals surface area contributed by atoms with Crippen LogP contribution >= 0.6 is 11.3 Å². The molecule has 2 heterocycles. The van der Waals surface area contributed by atoms with Crippen LogP contribution in [0.5, 0.6) is 0 Å². The molecule has 1 aromatic carbocycles. The molecule has 2 aliphatic rings. The molecular formula is C22H27N3O2S. The number of carbonyl (C=O) groups excluding carboxylic acids is 2. The summed E-state index contributed by atoms with van der Waals surface area (Å²) in [4.78, 5) is 28.5. The molecule has 0 unspecified atom stereocenters. The Balaban J connectivity index is 1.30. The molecule has 148 valence electrons. The first-order chi connectivity index (χ1) is 13.7. The fourth-order valence-corrected chi connectivity index (χ4v) is 5.02. The zero-order valence-corrected chi connectivity index (χ0v) is 17.1. The number of rotatable bonds is 7. The Morgan fingerprint density at radius 3 is 2.79 bits per heavy atom. The van der Waals surface area contributed by atoms with Gasteiger partial charge in [-0.05, 0) is 60.2 Å². The van der Waals surface area contributed by atoms with E-state index in [2.05, 4.69) is 33.9 Å². The van der Waals surface area contributed by atoms with E-state index in [0.717, 1.165) is 30.6 Å². The van der Waals surface area contributed by atoms with Gasteiger partial charge in [-0.3, -0.25) is 14.5 Å². The minimum Gasteiger partial charge on any atom is -0.346 e. The monoisotopic (exact) mass is 397 g/mol. The molecule has 1 aliphatic carbocycles. The fraction of sp³-hybridized carbons (Fsp3) is 0.455. The summed E-state index contributed by atoms with van der Waals surface area (Å²) in [6.45, 7) is 3.33. The first-order valence-corrected chi connectivity index (χ1v) is 11.0. The van der Waals surface area contributed by atoms with Crippen molar-refractivity contribution in [3.05, 3.63) is 51.7 Å². The SMILES string of the molecule is CCc1ccccc1NC(=O)CNC(=O)CN1CCc2sccc2[C@@H]1C1CC1. The van der Waals surface area contributed by atoms with E-state index in [1.165, 1.54) is 23.3 Å². The van der Waals surface area contributed by atoms with Gasteiger partial charge in [0.15, 0.2) is 0 Å². The van der Waals surface area contributed by atoms with Crippen LogP contribution in [0, 0.1) is 5.92 Å². The number of benzene rings is 1. The zero-order chi connectivity index (χ0) is 19.5. The lowest BCUT2D eigenvalue weighted by atomic mass is 9.96. The summed E-state index contributed by atoms with van der Waals surface area (Å²) in [5, 5.41) is 7.86. The second kappa shape index (κ2) is 8.45. The number of nitrogens with one attached hydrogen (secondary N) is 2. The van der Waals surface area contributed by atoms with Gasteiger partial charge in [0.25, 0.3) is 0 Å². The molecule has 2 N–H and O–H groups in total. The van der Waals surface area contributed by atoms with E-state index in [0.29, 0.717) is 18.5 Å². The lowest BCUT2D eigenvalue weighted by molar-refractivity contribution is -0.125. The highest BCUT2D eigenvalue weighted by Crippen LogP contribution is 2.48. The summed E-state index contributed by atoms with van der Waals surface area (Å²) < 4.78 is 0. The zero-order valence-electron chi connectivity index (χ0n) is 16.2. The van der Waals surface area contributed by atoms with Gasteiger partial charge in [-0.15, -0.1) is 11.3 Å². The van der Waals surface area contributed by atoms with Gasteiger partial charge in [-0.2, -0.15) is 0 Å². The van der Waals surface area contributed by atoms with Crippen molar-refractivity contribution in [1.29, 1.82) is 0 Å². The lowest BCUT2D eigenvalue weighted by Gasteiger charge is -2.35. The highest BCUT2D eigenvalue weighted by atomic mass is 32.1. The third-order valence-electron chi connectivity index (χ3n) is 5.65. The quantitative estimate of drug-likeness (QED) is 0.753. The van der Waals surface area contributed by atoms with Crippen molar-refractivity contribution in [3.8, 4) is 0 Å². The Hall–Kier alpha value is -2.18. The maximum Gasteiger partial charge on any atom is 0.243 e. The van der Waals surface area contributed by atoms with Crippen molar-refractivity contribution in [2.24, 2.45) is 5.92 Å². The van der Waals surface area contributed by atoms with Gasteiger partial charge in [-0.1, -0.05) is 25.1 Å². The van der Waals surface area contributed by atoms with Crippen molar-refractivity contribution in [3.63, 3.8) is 0 Å². The van der Waals surface area contributed by atoms with Crippen molar-refractivity contribution in [2.75, 3.05) is 25.0 Å². The summed E-state index contributed by atoms with van der Waals surface area (Å²) in [6, 6.07) is 10.4. The van der Waals surface area contributed by atoms with E-state index in [4.69, 9.17) is 0 Å². The molecule has 2 amide bonds. The Morgan fingerprint density at radius 2 is 2.00 bits per heavy atom. The van der Waals surface area contributed by atoms with Crippen molar-refractivity contribution in [1.82, 2.24) is 10.2 Å². The van der Waals surface area contributed by atoms with Crippen LogP contribution in [0.1, 0.15) is 41.8 Å². The molecule has 1 fully saturated rings. The number of amides is 2. The number of para-hydroxylation sites is 1. The van der Waals surface area contributed by atoms with Crippen molar-refractivity contribution < 1.29 is 9.59 Å². The fourth-order valence-electron chi connectivity index (χ4n) is 4.10. The summed E-state index contributed by atoms with van der Waals surface area (Å²) in [5.41, 5.74) is 3.33. The van der Waals surface area contributed by atoms with E-state index in [-0.39, 0.29) is 18.4 Å². The second-order valence-electron chi connectivity index (χ2n) is 7.64. The molecule has 2 aromatic rings. The average Bonchev–Trinajstić information content (AvgIpc) is 3.42. The van der Waals surface area contributed by atoms with Gasteiger partial charge in [0.1, 0.15) is 0 Å². The van der Waals surface area contributed by atoms with Crippen LogP contribution in [-0.2, 0) is 22.4 Å². The number of anilines is 1. The van der Waals surface area contributed by atoms with Crippen LogP contribution < -0.4 is 10.6 Å². The van der Waals surface area contributed by atoms with Crippen LogP contribution in [0.2, 0.25) is 0 Å². The van der Waals surface area contributed by atoms with Crippen LogP contribution in [0.15, 0.2) is 35.7 Å². The predicted octanol–water partition coefficient (Wildman–Crippen LogP) is 3.37. The van der Waals surface area contributed by atoms with E-state index < -0.39 is 0 Å². The Bertz CT molecular complexity index is 859. The largest absolute Gasteiger partial charge is 0.346 e. The summed E-state index contributed by atoms with van der Waals surface area (Å²) in [7, 11) is 0. The summed E-state index contributed by atoms with van der Waals surface area (Å²) in [6.07, 6.45) is 4.36. The molecule has 1 aromatic heterocycles. The smallest absolute Gasteiger partial charge is 0.243 e. The maximum atomic E-state index is 12.5. The molecular weight excluding hydrogens is 370 g/mol. The molecule has 0 saturated heterocycles. The Morgan fingerprint density at radius 1 is 1.18 bits per heavy atom. The normalized spacial score (nSPS) is 19.1. The van der Waals surface area contributed by atoms with Gasteiger partial charge in [0.2, 0.25) is 11.8 Å². The number of thiophene rings is 1. The van der Waals surface area contributed by atoms with Crippen molar-refractivity contribution >= 4 is 28.8 Å². The molecule has 1 aliphatic heterocycles. The van der Waals surface area contributed by atoms with E-state index in [1.807, 2.05) is 35.6 Å².